The van der Waals surface area contributed by atoms with Crippen LogP contribution in [0.4, 0.5) is 0 Å². The number of halogens is 1. The molecule has 2 rings (SSSR count). The lowest BCUT2D eigenvalue weighted by Crippen LogP contribution is -2.42. The van der Waals surface area contributed by atoms with Gasteiger partial charge in [0.05, 0.1) is 23.5 Å². The van der Waals surface area contributed by atoms with Gasteiger partial charge in [-0.3, -0.25) is 9.78 Å². The number of carbonyl (C=O) groups excluding carboxylic acids is 1. The highest BCUT2D eigenvalue weighted by atomic mass is 79.9. The fourth-order valence-electron chi connectivity index (χ4n) is 2.66. The Labute approximate surface area is 174 Å². The number of aromatic nitrogens is 1. The number of benzene rings is 1. The fourth-order valence-corrected chi connectivity index (χ4v) is 3.01. The van der Waals surface area contributed by atoms with Crippen molar-refractivity contribution >= 4 is 32.7 Å². The molecule has 28 heavy (non-hydrogen) atoms. The summed E-state index contributed by atoms with van der Waals surface area (Å²) >= 11 is 3.42. The summed E-state index contributed by atoms with van der Waals surface area (Å²) in [4.78, 5) is 16.1. The predicted molar refractivity (Wildman–Crippen MR) is 114 cm³/mol. The molecular weight excluding hydrogens is 418 g/mol. The zero-order valence-electron chi connectivity index (χ0n) is 16.4. The van der Waals surface area contributed by atoms with E-state index in [4.69, 9.17) is 10.00 Å². The van der Waals surface area contributed by atoms with Gasteiger partial charge in [-0.15, -0.1) is 0 Å². The van der Waals surface area contributed by atoms with Crippen molar-refractivity contribution < 1.29 is 9.53 Å². The van der Waals surface area contributed by atoms with E-state index < -0.39 is 5.54 Å². The SMILES string of the molecule is CCCC(=O)NC(C)(C)C#CCC(CC#N)Oc1ccc2ncc(Br)cc2c1. The standard InChI is InChI=1S/C22H24BrN3O2/c1-4-6-21(27)26-22(2,3)11-5-7-18(10-12-24)28-19-8-9-20-16(14-19)13-17(23)15-25-20/h8-9,13-15,18H,4,6-7,10H2,1-3H3,(H,26,27). The van der Waals surface area contributed by atoms with Crippen LogP contribution in [0.3, 0.4) is 0 Å². The van der Waals surface area contributed by atoms with Gasteiger partial charge in [0.15, 0.2) is 0 Å². The normalized spacial score (nSPS) is 11.8. The van der Waals surface area contributed by atoms with E-state index in [0.717, 1.165) is 21.8 Å². The number of nitriles is 1. The van der Waals surface area contributed by atoms with Crippen LogP contribution < -0.4 is 10.1 Å². The molecule has 0 aliphatic carbocycles. The zero-order chi connectivity index (χ0) is 20.6. The van der Waals surface area contributed by atoms with Crippen molar-refractivity contribution in [3.8, 4) is 23.7 Å². The quantitative estimate of drug-likeness (QED) is 0.629. The Morgan fingerprint density at radius 1 is 1.36 bits per heavy atom. The van der Waals surface area contributed by atoms with E-state index in [-0.39, 0.29) is 18.4 Å². The lowest BCUT2D eigenvalue weighted by atomic mass is 10.0. The summed E-state index contributed by atoms with van der Waals surface area (Å²) < 4.78 is 6.87. The first-order valence-electron chi connectivity index (χ1n) is 9.23. The highest BCUT2D eigenvalue weighted by Gasteiger charge is 2.17. The summed E-state index contributed by atoms with van der Waals surface area (Å²) in [5.74, 6) is 6.80. The van der Waals surface area contributed by atoms with Crippen molar-refractivity contribution in [1.29, 1.82) is 5.26 Å². The minimum absolute atomic E-state index is 0.0115. The summed E-state index contributed by atoms with van der Waals surface area (Å²) in [6.45, 7) is 5.69. The van der Waals surface area contributed by atoms with Crippen LogP contribution in [0.25, 0.3) is 10.9 Å². The van der Waals surface area contributed by atoms with Gasteiger partial charge in [0.25, 0.3) is 0 Å². The van der Waals surface area contributed by atoms with Gasteiger partial charge in [0.2, 0.25) is 5.91 Å². The first-order valence-corrected chi connectivity index (χ1v) is 10.0. The molecule has 0 fully saturated rings. The van der Waals surface area contributed by atoms with Crippen molar-refractivity contribution in [2.45, 2.75) is 58.1 Å². The number of pyridine rings is 1. The van der Waals surface area contributed by atoms with E-state index in [0.29, 0.717) is 18.6 Å². The predicted octanol–water partition coefficient (Wildman–Crippen LogP) is 4.75. The fraction of sp³-hybridized carbons (Fsp3) is 0.409. The van der Waals surface area contributed by atoms with E-state index in [1.165, 1.54) is 0 Å². The van der Waals surface area contributed by atoms with Gasteiger partial charge in [-0.25, -0.2) is 0 Å². The maximum Gasteiger partial charge on any atom is 0.221 e. The summed E-state index contributed by atoms with van der Waals surface area (Å²) in [7, 11) is 0. The van der Waals surface area contributed by atoms with Crippen molar-refractivity contribution in [2.24, 2.45) is 0 Å². The van der Waals surface area contributed by atoms with E-state index in [9.17, 15) is 4.79 Å². The van der Waals surface area contributed by atoms with E-state index in [1.807, 2.05) is 45.0 Å². The summed E-state index contributed by atoms with van der Waals surface area (Å²) in [6.07, 6.45) is 3.31. The Balaban J connectivity index is 2.06. The Morgan fingerprint density at radius 3 is 2.86 bits per heavy atom. The molecule has 0 radical (unpaired) electrons. The molecule has 0 bridgehead atoms. The number of hydrogen-bond donors (Lipinski definition) is 1. The Hall–Kier alpha value is -2.57. The third kappa shape index (κ3) is 6.87. The largest absolute Gasteiger partial charge is 0.488 e. The number of rotatable bonds is 7. The van der Waals surface area contributed by atoms with Gasteiger partial charge in [-0.2, -0.15) is 5.26 Å². The monoisotopic (exact) mass is 441 g/mol. The van der Waals surface area contributed by atoms with E-state index in [2.05, 4.69) is 44.1 Å². The number of carbonyl (C=O) groups is 1. The molecule has 1 unspecified atom stereocenters. The minimum Gasteiger partial charge on any atom is -0.488 e. The molecule has 1 aromatic carbocycles. The Bertz CT molecular complexity index is 938. The molecule has 146 valence electrons. The van der Waals surface area contributed by atoms with Gasteiger partial charge in [-0.1, -0.05) is 18.8 Å². The molecular formula is C22H24BrN3O2. The number of nitrogens with zero attached hydrogens (tertiary/aromatic N) is 2. The third-order valence-electron chi connectivity index (χ3n) is 3.90. The van der Waals surface area contributed by atoms with Crippen LogP contribution in [-0.4, -0.2) is 22.5 Å². The molecule has 1 amide bonds. The number of fused-ring (bicyclic) bond motifs is 1. The van der Waals surface area contributed by atoms with Gasteiger partial charge in [0.1, 0.15) is 11.9 Å². The van der Waals surface area contributed by atoms with Crippen molar-refractivity contribution in [3.63, 3.8) is 0 Å². The topological polar surface area (TPSA) is 75.0 Å². The number of nitrogens with one attached hydrogen (secondary N) is 1. The van der Waals surface area contributed by atoms with Crippen LogP contribution in [0.5, 0.6) is 5.75 Å². The van der Waals surface area contributed by atoms with Gasteiger partial charge < -0.3 is 10.1 Å². The van der Waals surface area contributed by atoms with Crippen LogP contribution in [0.1, 0.15) is 46.5 Å². The van der Waals surface area contributed by atoms with Crippen LogP contribution in [-0.2, 0) is 4.79 Å². The molecule has 0 saturated heterocycles. The van der Waals surface area contributed by atoms with Crippen LogP contribution in [0.15, 0.2) is 34.9 Å². The summed E-state index contributed by atoms with van der Waals surface area (Å²) in [5.41, 5.74) is 0.251. The summed E-state index contributed by atoms with van der Waals surface area (Å²) in [5, 5.41) is 13.0. The van der Waals surface area contributed by atoms with Gasteiger partial charge in [-0.05, 0) is 60.5 Å². The maximum atomic E-state index is 11.8. The molecule has 0 aliphatic heterocycles. The highest BCUT2D eigenvalue weighted by Crippen LogP contribution is 2.24. The molecule has 0 saturated carbocycles. The average molecular weight is 442 g/mol. The second-order valence-corrected chi connectivity index (χ2v) is 7.95. The van der Waals surface area contributed by atoms with Crippen molar-refractivity contribution in [3.05, 3.63) is 34.9 Å². The summed E-state index contributed by atoms with van der Waals surface area (Å²) in [6, 6.07) is 9.75. The Kier molecular flexibility index (Phi) is 7.84. The van der Waals surface area contributed by atoms with Crippen molar-refractivity contribution in [2.75, 3.05) is 0 Å². The lowest BCUT2D eigenvalue weighted by Gasteiger charge is -2.20. The maximum absolute atomic E-state index is 11.8. The molecule has 0 spiro atoms. The average Bonchev–Trinajstić information content (AvgIpc) is 2.61. The molecule has 0 aliphatic rings. The third-order valence-corrected chi connectivity index (χ3v) is 4.33. The van der Waals surface area contributed by atoms with Gasteiger partial charge in [0, 0.05) is 28.9 Å². The van der Waals surface area contributed by atoms with Crippen LogP contribution >= 0.6 is 15.9 Å². The number of ether oxygens (including phenoxy) is 1. The highest BCUT2D eigenvalue weighted by molar-refractivity contribution is 9.10. The van der Waals surface area contributed by atoms with E-state index >= 15 is 0 Å². The molecule has 1 atom stereocenters. The molecule has 5 nitrogen and oxygen atoms in total. The first kappa shape index (κ1) is 21.7. The van der Waals surface area contributed by atoms with Gasteiger partial charge >= 0.3 is 0 Å². The van der Waals surface area contributed by atoms with Crippen molar-refractivity contribution in [1.82, 2.24) is 10.3 Å². The van der Waals surface area contributed by atoms with Crippen LogP contribution in [0.2, 0.25) is 0 Å². The minimum atomic E-state index is -0.621. The first-order chi connectivity index (χ1) is 13.3. The Morgan fingerprint density at radius 2 is 2.14 bits per heavy atom. The number of amides is 1. The van der Waals surface area contributed by atoms with Crippen LogP contribution in [0, 0.1) is 23.2 Å². The molecule has 6 heteroatoms. The molecule has 2 aromatic rings. The molecule has 1 aromatic heterocycles. The number of hydrogen-bond acceptors (Lipinski definition) is 4. The lowest BCUT2D eigenvalue weighted by molar-refractivity contribution is -0.122. The zero-order valence-corrected chi connectivity index (χ0v) is 18.0. The molecule has 1 N–H and O–H groups in total. The second kappa shape index (κ2) is 10.1. The molecule has 1 heterocycles. The second-order valence-electron chi connectivity index (χ2n) is 7.04. The van der Waals surface area contributed by atoms with E-state index in [1.54, 1.807) is 6.20 Å². The smallest absolute Gasteiger partial charge is 0.221 e.